The van der Waals surface area contributed by atoms with E-state index >= 15 is 0 Å². The number of anilines is 1. The number of nitrogens with one attached hydrogen (secondary N) is 1. The average Bonchev–Trinajstić information content (AvgIpc) is 2.90. The van der Waals surface area contributed by atoms with E-state index in [0.717, 1.165) is 23.9 Å². The van der Waals surface area contributed by atoms with Gasteiger partial charge in [-0.3, -0.25) is 4.79 Å². The SMILES string of the molecule is COC1CN(C(=O)c2cc3cc(N)ccc3[nH]2)CCC1C. The zero-order valence-corrected chi connectivity index (χ0v) is 12.4. The van der Waals surface area contributed by atoms with Crippen LogP contribution in [0.5, 0.6) is 0 Å². The second-order valence-electron chi connectivity index (χ2n) is 5.82. The van der Waals surface area contributed by atoms with Gasteiger partial charge in [0, 0.05) is 36.8 Å². The van der Waals surface area contributed by atoms with E-state index in [2.05, 4.69) is 11.9 Å². The fourth-order valence-electron chi connectivity index (χ4n) is 2.96. The number of amides is 1. The molecule has 1 amide bonds. The molecule has 5 heteroatoms. The Morgan fingerprint density at radius 3 is 3.00 bits per heavy atom. The van der Waals surface area contributed by atoms with Crippen LogP contribution in [-0.4, -0.2) is 42.1 Å². The molecule has 1 saturated heterocycles. The molecule has 2 unspecified atom stereocenters. The summed E-state index contributed by atoms with van der Waals surface area (Å²) in [6, 6.07) is 7.47. The topological polar surface area (TPSA) is 71.3 Å². The molecule has 112 valence electrons. The first kappa shape index (κ1) is 13.9. The summed E-state index contributed by atoms with van der Waals surface area (Å²) in [7, 11) is 1.71. The molecule has 0 spiro atoms. The number of piperidine rings is 1. The molecule has 0 aliphatic carbocycles. The number of nitrogens with two attached hydrogens (primary N) is 1. The molecule has 2 aromatic rings. The van der Waals surface area contributed by atoms with Crippen molar-refractivity contribution in [1.29, 1.82) is 0 Å². The van der Waals surface area contributed by atoms with Crippen molar-refractivity contribution in [2.24, 2.45) is 5.92 Å². The summed E-state index contributed by atoms with van der Waals surface area (Å²) in [6.45, 7) is 3.59. The minimum Gasteiger partial charge on any atom is -0.399 e. The van der Waals surface area contributed by atoms with Gasteiger partial charge in [-0.05, 0) is 36.6 Å². The van der Waals surface area contributed by atoms with Crippen LogP contribution < -0.4 is 5.73 Å². The summed E-state index contributed by atoms with van der Waals surface area (Å²) in [6.07, 6.45) is 1.08. The number of hydrogen-bond donors (Lipinski definition) is 2. The highest BCUT2D eigenvalue weighted by Crippen LogP contribution is 2.23. The highest BCUT2D eigenvalue weighted by molar-refractivity contribution is 5.98. The first-order valence-electron chi connectivity index (χ1n) is 7.29. The molecule has 5 nitrogen and oxygen atoms in total. The molecule has 2 heterocycles. The van der Waals surface area contributed by atoms with Gasteiger partial charge >= 0.3 is 0 Å². The van der Waals surface area contributed by atoms with Gasteiger partial charge < -0.3 is 20.4 Å². The third-order valence-electron chi connectivity index (χ3n) is 4.35. The van der Waals surface area contributed by atoms with Crippen molar-refractivity contribution in [2.75, 3.05) is 25.9 Å². The number of likely N-dealkylation sites (tertiary alicyclic amines) is 1. The summed E-state index contributed by atoms with van der Waals surface area (Å²) in [5, 5.41) is 0.965. The van der Waals surface area contributed by atoms with Crippen LogP contribution in [0.2, 0.25) is 0 Å². The van der Waals surface area contributed by atoms with E-state index in [0.29, 0.717) is 23.8 Å². The van der Waals surface area contributed by atoms with Crippen LogP contribution in [0, 0.1) is 5.92 Å². The van der Waals surface area contributed by atoms with Crippen molar-refractivity contribution >= 4 is 22.5 Å². The van der Waals surface area contributed by atoms with Crippen LogP contribution in [0.25, 0.3) is 10.9 Å². The Hall–Kier alpha value is -2.01. The summed E-state index contributed by atoms with van der Waals surface area (Å²) >= 11 is 0. The third kappa shape index (κ3) is 2.61. The Morgan fingerprint density at radius 1 is 1.43 bits per heavy atom. The van der Waals surface area contributed by atoms with E-state index in [-0.39, 0.29) is 12.0 Å². The smallest absolute Gasteiger partial charge is 0.270 e. The molecule has 0 radical (unpaired) electrons. The Bertz CT molecular complexity index is 665. The monoisotopic (exact) mass is 287 g/mol. The van der Waals surface area contributed by atoms with Gasteiger partial charge in [0.1, 0.15) is 5.69 Å². The number of rotatable bonds is 2. The molecular weight excluding hydrogens is 266 g/mol. The van der Waals surface area contributed by atoms with Crippen LogP contribution in [0.15, 0.2) is 24.3 Å². The fraction of sp³-hybridized carbons (Fsp3) is 0.438. The minimum atomic E-state index is 0.0266. The number of benzene rings is 1. The van der Waals surface area contributed by atoms with E-state index in [9.17, 15) is 4.79 Å². The second-order valence-corrected chi connectivity index (χ2v) is 5.82. The predicted molar refractivity (Wildman–Crippen MR) is 83.2 cm³/mol. The van der Waals surface area contributed by atoms with Gasteiger partial charge in [0.2, 0.25) is 0 Å². The molecule has 3 rings (SSSR count). The van der Waals surface area contributed by atoms with E-state index in [4.69, 9.17) is 10.5 Å². The number of nitrogen functional groups attached to an aromatic ring is 1. The number of nitrogens with zero attached hydrogens (tertiary/aromatic N) is 1. The van der Waals surface area contributed by atoms with Crippen LogP contribution >= 0.6 is 0 Å². The Labute approximate surface area is 124 Å². The van der Waals surface area contributed by atoms with E-state index in [1.807, 2.05) is 29.2 Å². The van der Waals surface area contributed by atoms with Gasteiger partial charge in [-0.1, -0.05) is 6.92 Å². The van der Waals surface area contributed by atoms with E-state index < -0.39 is 0 Å². The number of methoxy groups -OCH3 is 1. The van der Waals surface area contributed by atoms with Crippen molar-refractivity contribution in [2.45, 2.75) is 19.4 Å². The molecule has 2 atom stereocenters. The molecule has 21 heavy (non-hydrogen) atoms. The molecule has 3 N–H and O–H groups in total. The number of carbonyl (C=O) groups excluding carboxylic acids is 1. The standard InChI is InChI=1S/C16H21N3O2/c1-10-5-6-19(9-15(10)21-2)16(20)14-8-11-7-12(17)3-4-13(11)18-14/h3-4,7-8,10,15,18H,5-6,9,17H2,1-2H3. The number of fused-ring (bicyclic) bond motifs is 1. The van der Waals surface area contributed by atoms with Crippen LogP contribution in [-0.2, 0) is 4.74 Å². The first-order valence-corrected chi connectivity index (χ1v) is 7.29. The highest BCUT2D eigenvalue weighted by Gasteiger charge is 2.29. The van der Waals surface area contributed by atoms with Crippen LogP contribution in [0.3, 0.4) is 0 Å². The highest BCUT2D eigenvalue weighted by atomic mass is 16.5. The van der Waals surface area contributed by atoms with Gasteiger partial charge in [0.15, 0.2) is 0 Å². The fourth-order valence-corrected chi connectivity index (χ4v) is 2.96. The van der Waals surface area contributed by atoms with Crippen molar-refractivity contribution in [3.8, 4) is 0 Å². The lowest BCUT2D eigenvalue weighted by Crippen LogP contribution is -2.46. The molecule has 0 saturated carbocycles. The number of H-pyrrole nitrogens is 1. The van der Waals surface area contributed by atoms with Crippen LogP contribution in [0.4, 0.5) is 5.69 Å². The van der Waals surface area contributed by atoms with Crippen molar-refractivity contribution in [3.05, 3.63) is 30.0 Å². The Balaban J connectivity index is 1.83. The Kier molecular flexibility index (Phi) is 3.59. The molecule has 1 fully saturated rings. The Morgan fingerprint density at radius 2 is 2.24 bits per heavy atom. The zero-order chi connectivity index (χ0) is 15.0. The van der Waals surface area contributed by atoms with Crippen molar-refractivity contribution in [3.63, 3.8) is 0 Å². The average molecular weight is 287 g/mol. The van der Waals surface area contributed by atoms with Crippen molar-refractivity contribution in [1.82, 2.24) is 9.88 Å². The van der Waals surface area contributed by atoms with Gasteiger partial charge in [-0.15, -0.1) is 0 Å². The summed E-state index contributed by atoms with van der Waals surface area (Å²) in [5.74, 6) is 0.514. The maximum Gasteiger partial charge on any atom is 0.270 e. The van der Waals surface area contributed by atoms with Crippen LogP contribution in [0.1, 0.15) is 23.8 Å². The van der Waals surface area contributed by atoms with Gasteiger partial charge in [0.05, 0.1) is 6.10 Å². The first-order chi connectivity index (χ1) is 10.1. The van der Waals surface area contributed by atoms with Gasteiger partial charge in [-0.2, -0.15) is 0 Å². The second kappa shape index (κ2) is 5.41. The predicted octanol–water partition coefficient (Wildman–Crippen LogP) is 2.25. The van der Waals surface area contributed by atoms with E-state index in [1.165, 1.54) is 0 Å². The number of hydrogen-bond acceptors (Lipinski definition) is 3. The molecule has 0 bridgehead atoms. The number of aromatic amines is 1. The molecular formula is C16H21N3O2. The maximum absolute atomic E-state index is 12.6. The van der Waals surface area contributed by atoms with Gasteiger partial charge in [-0.25, -0.2) is 0 Å². The lowest BCUT2D eigenvalue weighted by Gasteiger charge is -2.36. The lowest BCUT2D eigenvalue weighted by atomic mass is 9.95. The van der Waals surface area contributed by atoms with Crippen molar-refractivity contribution < 1.29 is 9.53 Å². The third-order valence-corrected chi connectivity index (χ3v) is 4.35. The number of carbonyl (C=O) groups is 1. The molecule has 1 aromatic heterocycles. The van der Waals surface area contributed by atoms with Gasteiger partial charge in [0.25, 0.3) is 5.91 Å². The normalized spacial score (nSPS) is 22.7. The maximum atomic E-state index is 12.6. The molecule has 1 aliphatic rings. The van der Waals surface area contributed by atoms with E-state index in [1.54, 1.807) is 7.11 Å². The minimum absolute atomic E-state index is 0.0266. The summed E-state index contributed by atoms with van der Waals surface area (Å²) < 4.78 is 5.47. The summed E-state index contributed by atoms with van der Waals surface area (Å²) in [4.78, 5) is 17.7. The lowest BCUT2D eigenvalue weighted by molar-refractivity contribution is -0.00173. The summed E-state index contributed by atoms with van der Waals surface area (Å²) in [5.41, 5.74) is 8.02. The number of aromatic nitrogens is 1. The number of ether oxygens (including phenoxy) is 1. The molecule has 1 aromatic carbocycles. The zero-order valence-electron chi connectivity index (χ0n) is 12.4. The quantitative estimate of drug-likeness (QED) is 0.832. The largest absolute Gasteiger partial charge is 0.399 e. The molecule has 1 aliphatic heterocycles.